The van der Waals surface area contributed by atoms with Gasteiger partial charge in [-0.2, -0.15) is 5.10 Å². The normalized spacial score (nSPS) is 14.7. The third kappa shape index (κ3) is 3.70. The predicted molar refractivity (Wildman–Crippen MR) is 106 cm³/mol. The summed E-state index contributed by atoms with van der Waals surface area (Å²) in [5, 5.41) is 5.41. The van der Waals surface area contributed by atoms with Crippen LogP contribution in [-0.4, -0.2) is 57.5 Å². The van der Waals surface area contributed by atoms with Gasteiger partial charge in [-0.3, -0.25) is 4.79 Å². The van der Waals surface area contributed by atoms with Crippen LogP contribution in [0, 0.1) is 13.8 Å². The second-order valence-corrected chi connectivity index (χ2v) is 7.56. The number of hydrogen-bond donors (Lipinski definition) is 0. The molecular weight excluding hydrogens is 360 g/mol. The summed E-state index contributed by atoms with van der Waals surface area (Å²) < 4.78 is 7.20. The minimum Gasteiger partial charge on any atom is -0.378 e. The van der Waals surface area contributed by atoms with Gasteiger partial charge < -0.3 is 9.64 Å². The molecule has 27 heavy (non-hydrogen) atoms. The van der Waals surface area contributed by atoms with Crippen LogP contribution in [0.4, 0.5) is 0 Å². The molecule has 1 saturated heterocycles. The number of thioether (sulfide) groups is 1. The van der Waals surface area contributed by atoms with Gasteiger partial charge in [0.25, 0.3) is 0 Å². The van der Waals surface area contributed by atoms with Crippen LogP contribution >= 0.6 is 11.8 Å². The second kappa shape index (κ2) is 7.70. The molecule has 3 heterocycles. The summed E-state index contributed by atoms with van der Waals surface area (Å²) >= 11 is 1.44. The summed E-state index contributed by atoms with van der Waals surface area (Å²) in [5.74, 6) is 0.466. The van der Waals surface area contributed by atoms with Crippen LogP contribution < -0.4 is 0 Å². The molecule has 1 fully saturated rings. The van der Waals surface area contributed by atoms with Gasteiger partial charge in [-0.05, 0) is 25.5 Å². The lowest BCUT2D eigenvalue weighted by atomic mass is 10.1. The average molecular weight is 382 g/mol. The molecule has 2 aromatic heterocycles. The summed E-state index contributed by atoms with van der Waals surface area (Å²) in [6.07, 6.45) is 0. The van der Waals surface area contributed by atoms with Crippen molar-refractivity contribution in [1.82, 2.24) is 19.5 Å². The number of fused-ring (bicyclic) bond motifs is 1. The van der Waals surface area contributed by atoms with Gasteiger partial charge >= 0.3 is 0 Å². The Hall–Kier alpha value is -2.38. The first kappa shape index (κ1) is 18.0. The van der Waals surface area contributed by atoms with Crippen molar-refractivity contribution >= 4 is 23.2 Å². The Morgan fingerprint density at radius 3 is 2.67 bits per heavy atom. The number of benzene rings is 1. The number of ether oxygens (including phenoxy) is 1. The van der Waals surface area contributed by atoms with Crippen molar-refractivity contribution < 1.29 is 9.53 Å². The number of nitrogens with zero attached hydrogens (tertiary/aromatic N) is 4. The van der Waals surface area contributed by atoms with Gasteiger partial charge in [-0.1, -0.05) is 42.1 Å². The zero-order chi connectivity index (χ0) is 18.8. The molecule has 1 aliphatic heterocycles. The van der Waals surface area contributed by atoms with Crippen molar-refractivity contribution in [2.24, 2.45) is 0 Å². The highest BCUT2D eigenvalue weighted by Crippen LogP contribution is 2.30. The minimum atomic E-state index is 0.116. The fraction of sp³-hybridized carbons (Fsp3) is 0.350. The Labute approximate surface area is 162 Å². The van der Waals surface area contributed by atoms with Crippen molar-refractivity contribution in [2.45, 2.75) is 19.0 Å². The SMILES string of the molecule is Cc1cc(C)c2c(-c3ccccc3)nc(SCC(=O)N3CCOCC3)n2n1. The lowest BCUT2D eigenvalue weighted by molar-refractivity contribution is -0.132. The number of hydrogen-bond acceptors (Lipinski definition) is 5. The molecular formula is C20H22N4O2S. The largest absolute Gasteiger partial charge is 0.378 e. The lowest BCUT2D eigenvalue weighted by Gasteiger charge is -2.26. The second-order valence-electron chi connectivity index (χ2n) is 6.62. The van der Waals surface area contributed by atoms with E-state index < -0.39 is 0 Å². The van der Waals surface area contributed by atoms with E-state index in [1.54, 1.807) is 0 Å². The van der Waals surface area contributed by atoms with Crippen molar-refractivity contribution in [3.05, 3.63) is 47.7 Å². The van der Waals surface area contributed by atoms with Crippen LogP contribution in [0.2, 0.25) is 0 Å². The minimum absolute atomic E-state index is 0.116. The Bertz CT molecular complexity index is 965. The maximum absolute atomic E-state index is 12.5. The molecule has 4 rings (SSSR count). The predicted octanol–water partition coefficient (Wildman–Crippen LogP) is 2.96. The zero-order valence-corrected chi connectivity index (χ0v) is 16.3. The van der Waals surface area contributed by atoms with Gasteiger partial charge in [0.05, 0.1) is 35.9 Å². The number of carbonyl (C=O) groups excluding carboxylic acids is 1. The Kier molecular flexibility index (Phi) is 5.13. The molecule has 1 aromatic carbocycles. The summed E-state index contributed by atoms with van der Waals surface area (Å²) in [7, 11) is 0. The zero-order valence-electron chi connectivity index (χ0n) is 15.5. The third-order valence-electron chi connectivity index (χ3n) is 4.62. The first-order valence-electron chi connectivity index (χ1n) is 9.04. The van der Waals surface area contributed by atoms with Gasteiger partial charge in [-0.15, -0.1) is 0 Å². The molecule has 0 N–H and O–H groups in total. The number of morpholine rings is 1. The summed E-state index contributed by atoms with van der Waals surface area (Å²) in [5.41, 5.74) is 5.00. The molecule has 140 valence electrons. The van der Waals surface area contributed by atoms with Crippen LogP contribution in [0.15, 0.2) is 41.6 Å². The number of aromatic nitrogens is 3. The van der Waals surface area contributed by atoms with Gasteiger partial charge in [-0.25, -0.2) is 9.50 Å². The molecule has 0 saturated carbocycles. The van der Waals surface area contributed by atoms with E-state index in [0.717, 1.165) is 33.2 Å². The number of aryl methyl sites for hydroxylation is 2. The molecule has 1 aliphatic rings. The van der Waals surface area contributed by atoms with Gasteiger partial charge in [0.1, 0.15) is 0 Å². The Balaban J connectivity index is 1.67. The van der Waals surface area contributed by atoms with Gasteiger partial charge in [0, 0.05) is 18.7 Å². The Morgan fingerprint density at radius 2 is 1.93 bits per heavy atom. The van der Waals surface area contributed by atoms with Crippen LogP contribution in [-0.2, 0) is 9.53 Å². The highest BCUT2D eigenvalue weighted by molar-refractivity contribution is 7.99. The highest BCUT2D eigenvalue weighted by Gasteiger charge is 2.20. The van der Waals surface area contributed by atoms with E-state index in [1.807, 2.05) is 34.5 Å². The standard InChI is InChI=1S/C20H22N4O2S/c1-14-12-15(2)22-24-19(14)18(16-6-4-3-5-7-16)21-20(24)27-13-17(25)23-8-10-26-11-9-23/h3-7,12H,8-11,13H2,1-2H3. The fourth-order valence-electron chi connectivity index (χ4n) is 3.33. The van der Waals surface area contributed by atoms with E-state index in [-0.39, 0.29) is 5.91 Å². The first-order valence-corrected chi connectivity index (χ1v) is 10.0. The smallest absolute Gasteiger partial charge is 0.233 e. The van der Waals surface area contributed by atoms with E-state index in [9.17, 15) is 4.79 Å². The maximum Gasteiger partial charge on any atom is 0.233 e. The summed E-state index contributed by atoms with van der Waals surface area (Å²) in [6.45, 7) is 6.59. The lowest BCUT2D eigenvalue weighted by Crippen LogP contribution is -2.41. The van der Waals surface area contributed by atoms with Crippen molar-refractivity contribution in [1.29, 1.82) is 0 Å². The maximum atomic E-state index is 12.5. The van der Waals surface area contributed by atoms with Gasteiger partial charge in [0.2, 0.25) is 5.91 Å². The molecule has 0 atom stereocenters. The molecule has 0 unspecified atom stereocenters. The van der Waals surface area contributed by atoms with Crippen LogP contribution in [0.1, 0.15) is 11.3 Å². The number of amides is 1. The molecule has 3 aromatic rings. The van der Waals surface area contributed by atoms with E-state index in [2.05, 4.69) is 30.2 Å². The topological polar surface area (TPSA) is 59.7 Å². The molecule has 1 amide bonds. The molecule has 6 nitrogen and oxygen atoms in total. The fourth-order valence-corrected chi connectivity index (χ4v) is 4.17. The summed E-state index contributed by atoms with van der Waals surface area (Å²) in [4.78, 5) is 19.2. The van der Waals surface area contributed by atoms with Crippen LogP contribution in [0.5, 0.6) is 0 Å². The van der Waals surface area contributed by atoms with E-state index in [4.69, 9.17) is 9.72 Å². The first-order chi connectivity index (χ1) is 13.1. The number of imidazole rings is 1. The van der Waals surface area contributed by atoms with E-state index in [1.165, 1.54) is 11.8 Å². The molecule has 0 radical (unpaired) electrons. The Morgan fingerprint density at radius 1 is 1.19 bits per heavy atom. The van der Waals surface area contributed by atoms with Crippen LogP contribution in [0.3, 0.4) is 0 Å². The van der Waals surface area contributed by atoms with E-state index >= 15 is 0 Å². The van der Waals surface area contributed by atoms with Crippen molar-refractivity contribution in [3.63, 3.8) is 0 Å². The summed E-state index contributed by atoms with van der Waals surface area (Å²) in [6, 6.07) is 12.2. The van der Waals surface area contributed by atoms with E-state index in [0.29, 0.717) is 32.1 Å². The highest BCUT2D eigenvalue weighted by atomic mass is 32.2. The molecule has 7 heteroatoms. The van der Waals surface area contributed by atoms with Crippen LogP contribution in [0.25, 0.3) is 16.8 Å². The van der Waals surface area contributed by atoms with Crippen molar-refractivity contribution in [2.75, 3.05) is 32.1 Å². The quantitative estimate of drug-likeness (QED) is 0.649. The van der Waals surface area contributed by atoms with Crippen molar-refractivity contribution in [3.8, 4) is 11.3 Å². The third-order valence-corrected chi connectivity index (χ3v) is 5.53. The monoisotopic (exact) mass is 382 g/mol. The average Bonchev–Trinajstić information content (AvgIpc) is 3.06. The molecule has 0 aliphatic carbocycles. The number of rotatable bonds is 4. The number of carbonyl (C=O) groups is 1. The van der Waals surface area contributed by atoms with Gasteiger partial charge in [0.15, 0.2) is 5.16 Å². The molecule has 0 spiro atoms. The molecule has 0 bridgehead atoms.